The second-order valence-electron chi connectivity index (χ2n) is 5.00. The predicted octanol–water partition coefficient (Wildman–Crippen LogP) is 2.82. The zero-order chi connectivity index (χ0) is 14.1. The molecule has 1 aromatic carbocycles. The van der Waals surface area contributed by atoms with Crippen molar-refractivity contribution in [3.8, 4) is 0 Å². The molecule has 6 heteroatoms. The number of rotatable bonds is 1. The fourth-order valence-corrected chi connectivity index (χ4v) is 1.35. The lowest BCUT2D eigenvalue weighted by atomic mass is 10.1. The Morgan fingerprint density at radius 1 is 1.22 bits per heavy atom. The maximum absolute atomic E-state index is 12.4. The Labute approximate surface area is 103 Å². The van der Waals surface area contributed by atoms with Crippen molar-refractivity contribution in [2.45, 2.75) is 32.5 Å². The number of alkyl halides is 3. The molecule has 1 rings (SSSR count). The number of halogens is 3. The van der Waals surface area contributed by atoms with Gasteiger partial charge < -0.3 is 11.1 Å². The summed E-state index contributed by atoms with van der Waals surface area (Å²) in [5.41, 5.74) is 3.98. The topological polar surface area (TPSA) is 55.1 Å². The molecule has 0 atom stereocenters. The molecule has 1 aromatic rings. The van der Waals surface area contributed by atoms with Crippen LogP contribution < -0.4 is 11.1 Å². The van der Waals surface area contributed by atoms with E-state index >= 15 is 0 Å². The van der Waals surface area contributed by atoms with Crippen molar-refractivity contribution >= 4 is 11.6 Å². The predicted molar refractivity (Wildman–Crippen MR) is 63.1 cm³/mol. The SMILES string of the molecule is CC(C)(C)NC(=O)c1ccc(C(F)(F)F)cc1N. The van der Waals surface area contributed by atoms with Crippen LogP contribution in [0.2, 0.25) is 0 Å². The monoisotopic (exact) mass is 260 g/mol. The van der Waals surface area contributed by atoms with E-state index in [1.807, 2.05) is 0 Å². The van der Waals surface area contributed by atoms with Crippen molar-refractivity contribution in [3.05, 3.63) is 29.3 Å². The molecule has 0 unspecified atom stereocenters. The highest BCUT2D eigenvalue weighted by Gasteiger charge is 2.31. The highest BCUT2D eigenvalue weighted by atomic mass is 19.4. The van der Waals surface area contributed by atoms with Crippen LogP contribution >= 0.6 is 0 Å². The molecule has 0 aliphatic carbocycles. The molecule has 0 spiro atoms. The van der Waals surface area contributed by atoms with Gasteiger partial charge in [-0.2, -0.15) is 13.2 Å². The second-order valence-corrected chi connectivity index (χ2v) is 5.00. The van der Waals surface area contributed by atoms with E-state index in [-0.39, 0.29) is 11.3 Å². The minimum Gasteiger partial charge on any atom is -0.398 e. The van der Waals surface area contributed by atoms with Crippen molar-refractivity contribution in [1.82, 2.24) is 5.32 Å². The molecule has 3 N–H and O–H groups in total. The van der Waals surface area contributed by atoms with E-state index in [0.717, 1.165) is 18.2 Å². The first-order valence-corrected chi connectivity index (χ1v) is 5.30. The Morgan fingerprint density at radius 2 is 1.78 bits per heavy atom. The van der Waals surface area contributed by atoms with Crippen molar-refractivity contribution in [2.24, 2.45) is 0 Å². The van der Waals surface area contributed by atoms with Gasteiger partial charge in [0.2, 0.25) is 0 Å². The maximum Gasteiger partial charge on any atom is 0.416 e. The van der Waals surface area contributed by atoms with Gasteiger partial charge in [0.05, 0.1) is 11.1 Å². The number of carbonyl (C=O) groups is 1. The van der Waals surface area contributed by atoms with E-state index < -0.39 is 23.2 Å². The highest BCUT2D eigenvalue weighted by Crippen LogP contribution is 2.31. The smallest absolute Gasteiger partial charge is 0.398 e. The summed E-state index contributed by atoms with van der Waals surface area (Å²) in [5.74, 6) is -0.492. The van der Waals surface area contributed by atoms with Crippen molar-refractivity contribution in [1.29, 1.82) is 0 Å². The Bertz CT molecular complexity index is 461. The maximum atomic E-state index is 12.4. The van der Waals surface area contributed by atoms with Crippen LogP contribution in [0.3, 0.4) is 0 Å². The number of benzene rings is 1. The fourth-order valence-electron chi connectivity index (χ4n) is 1.35. The second kappa shape index (κ2) is 4.51. The highest BCUT2D eigenvalue weighted by molar-refractivity contribution is 5.99. The lowest BCUT2D eigenvalue weighted by Gasteiger charge is -2.21. The summed E-state index contributed by atoms with van der Waals surface area (Å²) in [6, 6.07) is 2.69. The first kappa shape index (κ1) is 14.3. The molecule has 0 saturated heterocycles. The van der Waals surface area contributed by atoms with Gasteiger partial charge in [-0.05, 0) is 39.0 Å². The Balaban J connectivity index is 3.03. The van der Waals surface area contributed by atoms with Crippen LogP contribution in [0, 0.1) is 0 Å². The standard InChI is InChI=1S/C12H15F3N2O/c1-11(2,3)17-10(18)8-5-4-7(6-9(8)16)12(13,14)15/h4-6H,16H2,1-3H3,(H,17,18). The largest absolute Gasteiger partial charge is 0.416 e. The van der Waals surface area contributed by atoms with Crippen LogP contribution in [0.1, 0.15) is 36.7 Å². The lowest BCUT2D eigenvalue weighted by Crippen LogP contribution is -2.40. The van der Waals surface area contributed by atoms with Gasteiger partial charge in [-0.3, -0.25) is 4.79 Å². The minimum absolute atomic E-state index is 0.0397. The zero-order valence-corrected chi connectivity index (χ0v) is 10.4. The average Bonchev–Trinajstić information content (AvgIpc) is 2.12. The minimum atomic E-state index is -4.47. The summed E-state index contributed by atoms with van der Waals surface area (Å²) in [6.07, 6.45) is -4.47. The van der Waals surface area contributed by atoms with E-state index in [0.29, 0.717) is 0 Å². The molecule has 3 nitrogen and oxygen atoms in total. The Kier molecular flexibility index (Phi) is 3.59. The van der Waals surface area contributed by atoms with E-state index in [4.69, 9.17) is 5.73 Å². The van der Waals surface area contributed by atoms with Gasteiger partial charge >= 0.3 is 6.18 Å². The zero-order valence-electron chi connectivity index (χ0n) is 10.4. The molecular formula is C12H15F3N2O. The summed E-state index contributed by atoms with van der Waals surface area (Å²) in [5, 5.41) is 2.63. The molecule has 100 valence electrons. The number of nitrogen functional groups attached to an aromatic ring is 1. The van der Waals surface area contributed by atoms with Crippen molar-refractivity contribution in [2.75, 3.05) is 5.73 Å². The van der Waals surface area contributed by atoms with E-state index in [1.165, 1.54) is 0 Å². The van der Waals surface area contributed by atoms with Crippen LogP contribution in [0.5, 0.6) is 0 Å². The third-order valence-electron chi connectivity index (χ3n) is 2.11. The number of nitrogens with two attached hydrogens (primary N) is 1. The van der Waals surface area contributed by atoms with Crippen LogP contribution in [-0.2, 0) is 6.18 Å². The molecule has 18 heavy (non-hydrogen) atoms. The summed E-state index contributed by atoms with van der Waals surface area (Å²) < 4.78 is 37.2. The number of amides is 1. The van der Waals surface area contributed by atoms with Crippen LogP contribution in [0.25, 0.3) is 0 Å². The molecule has 1 amide bonds. The van der Waals surface area contributed by atoms with Gasteiger partial charge in [0.25, 0.3) is 5.91 Å². The molecule has 0 bridgehead atoms. The molecule has 0 heterocycles. The van der Waals surface area contributed by atoms with Crippen LogP contribution in [-0.4, -0.2) is 11.4 Å². The van der Waals surface area contributed by atoms with E-state index in [9.17, 15) is 18.0 Å². The van der Waals surface area contributed by atoms with Gasteiger partial charge in [-0.25, -0.2) is 0 Å². The normalized spacial score (nSPS) is 12.3. The van der Waals surface area contributed by atoms with E-state index in [2.05, 4.69) is 5.32 Å². The summed E-state index contributed by atoms with van der Waals surface area (Å²) >= 11 is 0. The molecule has 0 saturated carbocycles. The number of carbonyl (C=O) groups excluding carboxylic acids is 1. The van der Waals surface area contributed by atoms with Crippen molar-refractivity contribution in [3.63, 3.8) is 0 Å². The number of hydrogen-bond donors (Lipinski definition) is 2. The number of hydrogen-bond acceptors (Lipinski definition) is 2. The third kappa shape index (κ3) is 3.65. The third-order valence-corrected chi connectivity index (χ3v) is 2.11. The van der Waals surface area contributed by atoms with Crippen molar-refractivity contribution < 1.29 is 18.0 Å². The van der Waals surface area contributed by atoms with Gasteiger partial charge in [-0.1, -0.05) is 0 Å². The molecular weight excluding hydrogens is 245 g/mol. The first-order chi connectivity index (χ1) is 8.00. The lowest BCUT2D eigenvalue weighted by molar-refractivity contribution is -0.137. The van der Waals surface area contributed by atoms with Gasteiger partial charge in [-0.15, -0.1) is 0 Å². The van der Waals surface area contributed by atoms with Gasteiger partial charge in [0, 0.05) is 11.2 Å². The molecule has 0 aliphatic rings. The summed E-state index contributed by atoms with van der Waals surface area (Å²) in [4.78, 5) is 11.8. The number of nitrogens with one attached hydrogen (secondary N) is 1. The summed E-state index contributed by atoms with van der Waals surface area (Å²) in [7, 11) is 0. The van der Waals surface area contributed by atoms with Crippen LogP contribution in [0.15, 0.2) is 18.2 Å². The van der Waals surface area contributed by atoms with Gasteiger partial charge in [0.1, 0.15) is 0 Å². The van der Waals surface area contributed by atoms with Crippen LogP contribution in [0.4, 0.5) is 18.9 Å². The average molecular weight is 260 g/mol. The molecule has 0 aromatic heterocycles. The summed E-state index contributed by atoms with van der Waals surface area (Å²) in [6.45, 7) is 5.31. The Hall–Kier alpha value is -1.72. The molecule has 0 fully saturated rings. The molecule has 0 aliphatic heterocycles. The quantitative estimate of drug-likeness (QED) is 0.763. The Morgan fingerprint density at radius 3 is 2.17 bits per heavy atom. The molecule has 0 radical (unpaired) electrons. The first-order valence-electron chi connectivity index (χ1n) is 5.30. The van der Waals surface area contributed by atoms with Gasteiger partial charge in [0.15, 0.2) is 0 Å². The van der Waals surface area contributed by atoms with E-state index in [1.54, 1.807) is 20.8 Å². The number of anilines is 1. The fraction of sp³-hybridized carbons (Fsp3) is 0.417.